The van der Waals surface area contributed by atoms with E-state index in [2.05, 4.69) is 31.9 Å². The number of ketones is 1. The highest BCUT2D eigenvalue weighted by Gasteiger charge is 2.72. The number of halogens is 2. The maximum atomic E-state index is 14.2. The number of Topliss-reactive ketones (excluding diaryl/α,β-unsaturated/α-hetero) is 1. The van der Waals surface area contributed by atoms with E-state index in [1.807, 2.05) is 48.5 Å². The third-order valence-corrected chi connectivity index (χ3v) is 11.4. The van der Waals surface area contributed by atoms with Crippen LogP contribution in [0.1, 0.15) is 43.0 Å². The van der Waals surface area contributed by atoms with Crippen LogP contribution >= 0.6 is 31.9 Å². The number of imide groups is 1. The largest absolute Gasteiger partial charge is 0.497 e. The van der Waals surface area contributed by atoms with Crippen LogP contribution in [0.2, 0.25) is 0 Å². The summed E-state index contributed by atoms with van der Waals surface area (Å²) >= 11 is 8.00. The zero-order valence-corrected chi connectivity index (χ0v) is 25.9. The number of hydrogen-bond donors (Lipinski definition) is 0. The number of hydrogen-bond acceptors (Lipinski definition) is 6. The zero-order valence-electron chi connectivity index (χ0n) is 22.8. The first-order valence-corrected chi connectivity index (χ1v) is 15.2. The molecule has 1 saturated heterocycles. The molecule has 0 spiro atoms. The molecule has 7 nitrogen and oxygen atoms in total. The van der Waals surface area contributed by atoms with E-state index >= 15 is 0 Å². The number of carbonyl (C=O) groups excluding carboxylic acids is 4. The van der Waals surface area contributed by atoms with E-state index in [-0.39, 0.29) is 23.2 Å². The third kappa shape index (κ3) is 3.84. The van der Waals surface area contributed by atoms with Gasteiger partial charge in [-0.05, 0) is 70.8 Å². The minimum atomic E-state index is -0.887. The summed E-state index contributed by atoms with van der Waals surface area (Å²) in [6.45, 7) is -0.429. The molecule has 0 saturated carbocycles. The van der Waals surface area contributed by atoms with Gasteiger partial charge in [0.1, 0.15) is 5.75 Å². The molecule has 1 fully saturated rings. The van der Waals surface area contributed by atoms with Gasteiger partial charge in [-0.1, -0.05) is 80.4 Å². The molecule has 214 valence electrons. The summed E-state index contributed by atoms with van der Waals surface area (Å²) in [6.07, 6.45) is 0. The van der Waals surface area contributed by atoms with Gasteiger partial charge in [-0.2, -0.15) is 0 Å². The molecule has 0 unspecified atom stereocenters. The molecular weight excluding hydrogens is 678 g/mol. The Balaban J connectivity index is 1.16. The Morgan fingerprint density at radius 3 is 1.58 bits per heavy atom. The Morgan fingerprint density at radius 1 is 0.698 bits per heavy atom. The minimum Gasteiger partial charge on any atom is -0.497 e. The summed E-state index contributed by atoms with van der Waals surface area (Å²) < 4.78 is 8.57. The number of esters is 1. The fourth-order valence-corrected chi connectivity index (χ4v) is 9.05. The van der Waals surface area contributed by atoms with Gasteiger partial charge >= 0.3 is 5.97 Å². The normalized spacial score (nSPS) is 24.7. The first kappa shape index (κ1) is 27.7. The van der Waals surface area contributed by atoms with Crippen molar-refractivity contribution in [3.05, 3.63) is 130 Å². The van der Waals surface area contributed by atoms with Crippen molar-refractivity contribution in [3.8, 4) is 5.75 Å². The summed E-state index contributed by atoms with van der Waals surface area (Å²) in [7, 11) is 1.53. The van der Waals surface area contributed by atoms with Crippen molar-refractivity contribution in [3.63, 3.8) is 0 Å². The van der Waals surface area contributed by atoms with Gasteiger partial charge in [0.2, 0.25) is 11.8 Å². The molecule has 43 heavy (non-hydrogen) atoms. The van der Waals surface area contributed by atoms with Crippen molar-refractivity contribution >= 4 is 61.1 Å². The van der Waals surface area contributed by atoms with E-state index in [4.69, 9.17) is 9.47 Å². The van der Waals surface area contributed by atoms with Crippen LogP contribution in [0.4, 0.5) is 5.69 Å². The second kappa shape index (κ2) is 9.99. The number of anilines is 1. The van der Waals surface area contributed by atoms with Gasteiger partial charge in [-0.25, -0.2) is 9.69 Å². The highest BCUT2D eigenvalue weighted by Crippen LogP contribution is 2.70. The lowest BCUT2D eigenvalue weighted by molar-refractivity contribution is -0.122. The standard InChI is InChI=1S/C34H23Br2NO6/c1-42-22-16-12-19(13-17-22)27(38)18-43-32(41)20-10-14-21(15-11-20)37-30(39)28-29(31(37)40)34(36)24-7-3-2-6-23(24)33(28,35)25-8-4-5-9-26(25)34/h2-17,28-29H,18H2,1H3/t28-,29-,33?,34?/m1/s1. The van der Waals surface area contributed by atoms with Crippen molar-refractivity contribution < 1.29 is 28.7 Å². The summed E-state index contributed by atoms with van der Waals surface area (Å²) in [6, 6.07) is 28.4. The lowest BCUT2D eigenvalue weighted by Gasteiger charge is -2.55. The lowest BCUT2D eigenvalue weighted by Crippen LogP contribution is -2.56. The predicted molar refractivity (Wildman–Crippen MR) is 166 cm³/mol. The molecule has 2 bridgehead atoms. The van der Waals surface area contributed by atoms with Gasteiger partial charge in [0, 0.05) is 5.56 Å². The van der Waals surface area contributed by atoms with E-state index < -0.39 is 33.1 Å². The molecule has 1 heterocycles. The summed E-state index contributed by atoms with van der Waals surface area (Å²) in [5.41, 5.74) is 4.76. The molecule has 9 heteroatoms. The van der Waals surface area contributed by atoms with Gasteiger partial charge in [0.05, 0.1) is 38.8 Å². The van der Waals surface area contributed by atoms with Crippen molar-refractivity contribution in [2.45, 2.75) is 8.65 Å². The lowest BCUT2D eigenvalue weighted by atomic mass is 9.54. The topological polar surface area (TPSA) is 90.0 Å². The molecular formula is C34H23Br2NO6. The van der Waals surface area contributed by atoms with Crippen LogP contribution in [0.15, 0.2) is 97.1 Å². The molecule has 0 N–H and O–H groups in total. The van der Waals surface area contributed by atoms with Crippen LogP contribution in [0.5, 0.6) is 5.75 Å². The molecule has 1 aliphatic heterocycles. The van der Waals surface area contributed by atoms with Crippen molar-refractivity contribution in [2.75, 3.05) is 18.6 Å². The van der Waals surface area contributed by atoms with Gasteiger partial charge in [-0.15, -0.1) is 0 Å². The molecule has 8 rings (SSSR count). The van der Waals surface area contributed by atoms with Gasteiger partial charge < -0.3 is 9.47 Å². The van der Waals surface area contributed by atoms with Crippen LogP contribution in [0, 0.1) is 11.8 Å². The molecule has 0 radical (unpaired) electrons. The Kier molecular flexibility index (Phi) is 6.45. The Labute approximate surface area is 264 Å². The number of rotatable bonds is 6. The van der Waals surface area contributed by atoms with Crippen LogP contribution in [-0.2, 0) is 23.0 Å². The first-order chi connectivity index (χ1) is 20.7. The number of methoxy groups -OCH3 is 1. The van der Waals surface area contributed by atoms with Crippen LogP contribution in [-0.4, -0.2) is 37.3 Å². The molecule has 4 aromatic rings. The van der Waals surface area contributed by atoms with Crippen molar-refractivity contribution in [2.24, 2.45) is 11.8 Å². The summed E-state index contributed by atoms with van der Waals surface area (Å²) in [5.74, 6) is -2.46. The minimum absolute atomic E-state index is 0.191. The Bertz CT molecular complexity index is 1710. The number of amides is 2. The quantitative estimate of drug-likeness (QED) is 0.104. The highest BCUT2D eigenvalue weighted by atomic mass is 79.9. The van der Waals surface area contributed by atoms with Crippen LogP contribution < -0.4 is 9.64 Å². The van der Waals surface area contributed by atoms with E-state index in [0.29, 0.717) is 17.0 Å². The second-order valence-corrected chi connectivity index (χ2v) is 13.3. The molecule has 4 aliphatic rings. The first-order valence-electron chi connectivity index (χ1n) is 13.6. The highest BCUT2D eigenvalue weighted by molar-refractivity contribution is 9.10. The molecule has 0 aromatic heterocycles. The third-order valence-electron chi connectivity index (χ3n) is 8.69. The number of benzene rings is 4. The molecule has 3 aliphatic carbocycles. The van der Waals surface area contributed by atoms with E-state index in [9.17, 15) is 19.2 Å². The average Bonchev–Trinajstić information content (AvgIpc) is 3.33. The molecule has 2 amide bonds. The average molecular weight is 701 g/mol. The van der Waals surface area contributed by atoms with Gasteiger partial charge in [0.25, 0.3) is 0 Å². The SMILES string of the molecule is COc1ccc(C(=O)COC(=O)c2ccc(N3C(=O)[C@H]4[C@H](C3=O)C3(Br)c5ccccc5C4(Br)c4ccccc43)cc2)cc1. The predicted octanol–water partition coefficient (Wildman–Crippen LogP) is 6.14. The Hall–Kier alpha value is -4.08. The van der Waals surface area contributed by atoms with Crippen molar-refractivity contribution in [1.82, 2.24) is 0 Å². The number of ether oxygens (including phenoxy) is 2. The smallest absolute Gasteiger partial charge is 0.338 e. The Morgan fingerprint density at radius 2 is 1.14 bits per heavy atom. The van der Waals surface area contributed by atoms with Crippen LogP contribution in [0.25, 0.3) is 0 Å². The monoisotopic (exact) mass is 699 g/mol. The maximum absolute atomic E-state index is 14.2. The number of alkyl halides is 2. The van der Waals surface area contributed by atoms with E-state index in [0.717, 1.165) is 22.3 Å². The summed E-state index contributed by atoms with van der Waals surface area (Å²) in [4.78, 5) is 54.8. The zero-order chi connectivity index (χ0) is 30.1. The number of carbonyl (C=O) groups is 4. The summed E-state index contributed by atoms with van der Waals surface area (Å²) in [5, 5.41) is 0. The van der Waals surface area contributed by atoms with E-state index in [1.165, 1.54) is 24.1 Å². The second-order valence-electron chi connectivity index (χ2n) is 10.8. The molecule has 2 atom stereocenters. The van der Waals surface area contributed by atoms with Gasteiger partial charge in [-0.3, -0.25) is 14.4 Å². The van der Waals surface area contributed by atoms with Gasteiger partial charge in [0.15, 0.2) is 12.4 Å². The van der Waals surface area contributed by atoms with Crippen molar-refractivity contribution in [1.29, 1.82) is 0 Å². The fraction of sp³-hybridized carbons (Fsp3) is 0.176. The fourth-order valence-electron chi connectivity index (χ4n) is 6.74. The van der Waals surface area contributed by atoms with E-state index in [1.54, 1.807) is 36.4 Å². The number of nitrogens with zero attached hydrogens (tertiary/aromatic N) is 1. The maximum Gasteiger partial charge on any atom is 0.338 e. The molecule has 4 aromatic carbocycles. The van der Waals surface area contributed by atoms with Crippen LogP contribution in [0.3, 0.4) is 0 Å².